The van der Waals surface area contributed by atoms with Gasteiger partial charge in [0.25, 0.3) is 0 Å². The molecule has 5 nitrogen and oxygen atoms in total. The van der Waals surface area contributed by atoms with Crippen LogP contribution in [-0.4, -0.2) is 26.7 Å². The van der Waals surface area contributed by atoms with Gasteiger partial charge in [0.15, 0.2) is 0 Å². The fraction of sp³-hybridized carbons (Fsp3) is 0.316. The first-order valence-corrected chi connectivity index (χ1v) is 8.52. The summed E-state index contributed by atoms with van der Waals surface area (Å²) >= 11 is 0. The second kappa shape index (κ2) is 6.83. The van der Waals surface area contributed by atoms with Crippen LogP contribution in [0, 0.1) is 0 Å². The minimum absolute atomic E-state index is 0.320. The van der Waals surface area contributed by atoms with Crippen LogP contribution in [0.15, 0.2) is 54.9 Å². The van der Waals surface area contributed by atoms with E-state index in [1.165, 1.54) is 18.4 Å². The summed E-state index contributed by atoms with van der Waals surface area (Å²) in [5.74, 6) is 1.88. The van der Waals surface area contributed by atoms with E-state index >= 15 is 0 Å². The maximum Gasteiger partial charge on any atom is 0.135 e. The van der Waals surface area contributed by atoms with Crippen molar-refractivity contribution in [1.82, 2.24) is 20.2 Å². The van der Waals surface area contributed by atoms with E-state index in [4.69, 9.17) is 4.98 Å². The van der Waals surface area contributed by atoms with Crippen molar-refractivity contribution in [3.63, 3.8) is 0 Å². The smallest absolute Gasteiger partial charge is 0.135 e. The maximum atomic E-state index is 4.83. The lowest BCUT2D eigenvalue weighted by molar-refractivity contribution is 0.460. The van der Waals surface area contributed by atoms with E-state index in [1.54, 1.807) is 0 Å². The number of anilines is 1. The van der Waals surface area contributed by atoms with Crippen molar-refractivity contribution < 1.29 is 0 Å². The molecule has 1 aromatic carbocycles. The van der Waals surface area contributed by atoms with E-state index in [0.717, 1.165) is 36.7 Å². The average Bonchev–Trinajstić information content (AvgIpc) is 3.17. The van der Waals surface area contributed by atoms with Gasteiger partial charge in [-0.05, 0) is 37.0 Å². The van der Waals surface area contributed by atoms with Gasteiger partial charge in [0.2, 0.25) is 0 Å². The Morgan fingerprint density at radius 1 is 1.04 bits per heavy atom. The molecule has 4 rings (SSSR count). The molecule has 5 heteroatoms. The largest absolute Gasteiger partial charge is 0.348 e. The van der Waals surface area contributed by atoms with Gasteiger partial charge in [0, 0.05) is 25.4 Å². The second-order valence-electron chi connectivity index (χ2n) is 6.21. The molecule has 1 atom stereocenters. The summed E-state index contributed by atoms with van der Waals surface area (Å²) in [7, 11) is 0. The molecule has 1 saturated heterocycles. The van der Waals surface area contributed by atoms with E-state index in [9.17, 15) is 0 Å². The van der Waals surface area contributed by atoms with Gasteiger partial charge in [-0.3, -0.25) is 5.10 Å². The summed E-state index contributed by atoms with van der Waals surface area (Å²) in [4.78, 5) is 11.7. The van der Waals surface area contributed by atoms with Crippen molar-refractivity contribution in [1.29, 1.82) is 0 Å². The summed E-state index contributed by atoms with van der Waals surface area (Å²) < 4.78 is 0. The van der Waals surface area contributed by atoms with Crippen molar-refractivity contribution in [3.8, 4) is 0 Å². The lowest BCUT2D eigenvalue weighted by Crippen LogP contribution is -2.34. The number of piperidine rings is 1. The standard InChI is InChI=1S/C19H21N5/c1-2-6-15(7-3-1)14-18-20-11-10-19(22-18)24-13-5-4-8-17(24)16-9-12-21-23-16/h1-3,6-7,9-12,17H,4-5,8,13-14H2,(H,21,23)/t17-/m1/s1. The molecule has 0 unspecified atom stereocenters. The lowest BCUT2D eigenvalue weighted by atomic mass is 9.99. The number of nitrogens with one attached hydrogen (secondary N) is 1. The molecular weight excluding hydrogens is 298 g/mol. The van der Waals surface area contributed by atoms with Crippen LogP contribution in [-0.2, 0) is 6.42 Å². The fourth-order valence-electron chi connectivity index (χ4n) is 3.39. The van der Waals surface area contributed by atoms with E-state index in [2.05, 4.69) is 50.4 Å². The van der Waals surface area contributed by atoms with Crippen LogP contribution in [0.2, 0.25) is 0 Å². The van der Waals surface area contributed by atoms with Crippen LogP contribution in [0.5, 0.6) is 0 Å². The van der Waals surface area contributed by atoms with E-state index in [-0.39, 0.29) is 0 Å². The third-order valence-electron chi connectivity index (χ3n) is 4.57. The number of aromatic amines is 1. The summed E-state index contributed by atoms with van der Waals surface area (Å²) in [6.45, 7) is 1.02. The first-order valence-electron chi connectivity index (χ1n) is 8.52. The molecular formula is C19H21N5. The second-order valence-corrected chi connectivity index (χ2v) is 6.21. The summed E-state index contributed by atoms with van der Waals surface area (Å²) in [5, 5.41) is 7.24. The Labute approximate surface area is 141 Å². The Hall–Kier alpha value is -2.69. The summed E-state index contributed by atoms with van der Waals surface area (Å²) in [6.07, 6.45) is 8.02. The third-order valence-corrected chi connectivity index (χ3v) is 4.57. The van der Waals surface area contributed by atoms with E-state index < -0.39 is 0 Å². The van der Waals surface area contributed by atoms with Gasteiger partial charge in [-0.25, -0.2) is 9.97 Å². The summed E-state index contributed by atoms with van der Waals surface area (Å²) in [6, 6.07) is 14.8. The number of hydrogen-bond donors (Lipinski definition) is 1. The number of H-pyrrole nitrogens is 1. The van der Waals surface area contributed by atoms with Crippen molar-refractivity contribution in [3.05, 3.63) is 71.9 Å². The molecule has 1 aliphatic heterocycles. The van der Waals surface area contributed by atoms with Gasteiger partial charge in [-0.15, -0.1) is 0 Å². The Kier molecular flexibility index (Phi) is 4.23. The Bertz CT molecular complexity index is 769. The van der Waals surface area contributed by atoms with Crippen LogP contribution in [0.3, 0.4) is 0 Å². The molecule has 1 N–H and O–H groups in total. The van der Waals surface area contributed by atoms with Gasteiger partial charge in [-0.1, -0.05) is 30.3 Å². The van der Waals surface area contributed by atoms with Crippen molar-refractivity contribution >= 4 is 5.82 Å². The lowest BCUT2D eigenvalue weighted by Gasteiger charge is -2.36. The third kappa shape index (κ3) is 3.15. The topological polar surface area (TPSA) is 57.7 Å². The SMILES string of the molecule is c1ccc(Cc2nccc(N3CCCC[C@@H]3c3ccn[nH]3)n2)cc1. The zero-order valence-electron chi connectivity index (χ0n) is 13.6. The van der Waals surface area contributed by atoms with Crippen LogP contribution in [0.25, 0.3) is 0 Å². The predicted molar refractivity (Wildman–Crippen MR) is 93.8 cm³/mol. The van der Waals surface area contributed by atoms with Gasteiger partial charge < -0.3 is 4.90 Å². The summed E-state index contributed by atoms with van der Waals surface area (Å²) in [5.41, 5.74) is 2.40. The molecule has 24 heavy (non-hydrogen) atoms. The van der Waals surface area contributed by atoms with E-state index in [0.29, 0.717) is 6.04 Å². The van der Waals surface area contributed by atoms with E-state index in [1.807, 2.05) is 24.5 Å². The fourth-order valence-corrected chi connectivity index (χ4v) is 3.39. The molecule has 0 saturated carbocycles. The first-order chi connectivity index (χ1) is 11.9. The molecule has 0 bridgehead atoms. The van der Waals surface area contributed by atoms with Crippen LogP contribution in [0.4, 0.5) is 5.82 Å². The number of benzene rings is 1. The number of nitrogens with zero attached hydrogens (tertiary/aromatic N) is 4. The monoisotopic (exact) mass is 319 g/mol. The Morgan fingerprint density at radius 2 is 1.96 bits per heavy atom. The van der Waals surface area contributed by atoms with Crippen LogP contribution < -0.4 is 4.90 Å². The molecule has 1 fully saturated rings. The quantitative estimate of drug-likeness (QED) is 0.799. The van der Waals surface area contributed by atoms with Gasteiger partial charge in [-0.2, -0.15) is 5.10 Å². The highest BCUT2D eigenvalue weighted by Gasteiger charge is 2.26. The highest BCUT2D eigenvalue weighted by Crippen LogP contribution is 2.32. The molecule has 2 aromatic heterocycles. The first kappa shape index (κ1) is 14.9. The van der Waals surface area contributed by atoms with Crippen molar-refractivity contribution in [2.75, 3.05) is 11.4 Å². The molecule has 3 heterocycles. The minimum Gasteiger partial charge on any atom is -0.348 e. The highest BCUT2D eigenvalue weighted by molar-refractivity contribution is 5.41. The normalized spacial score (nSPS) is 17.8. The average molecular weight is 319 g/mol. The van der Waals surface area contributed by atoms with Gasteiger partial charge in [0.1, 0.15) is 11.6 Å². The number of rotatable bonds is 4. The van der Waals surface area contributed by atoms with Crippen molar-refractivity contribution in [2.45, 2.75) is 31.7 Å². The Balaban J connectivity index is 1.59. The molecule has 0 radical (unpaired) electrons. The molecule has 0 amide bonds. The minimum atomic E-state index is 0.320. The highest BCUT2D eigenvalue weighted by atomic mass is 15.2. The molecule has 0 aliphatic carbocycles. The molecule has 122 valence electrons. The zero-order valence-corrected chi connectivity index (χ0v) is 13.6. The molecule has 0 spiro atoms. The zero-order chi connectivity index (χ0) is 16.2. The van der Waals surface area contributed by atoms with Gasteiger partial charge >= 0.3 is 0 Å². The number of aromatic nitrogens is 4. The van der Waals surface area contributed by atoms with Crippen LogP contribution >= 0.6 is 0 Å². The Morgan fingerprint density at radius 3 is 2.79 bits per heavy atom. The maximum absolute atomic E-state index is 4.83. The molecule has 3 aromatic rings. The van der Waals surface area contributed by atoms with Crippen molar-refractivity contribution in [2.24, 2.45) is 0 Å². The van der Waals surface area contributed by atoms with Gasteiger partial charge in [0.05, 0.1) is 11.7 Å². The predicted octanol–water partition coefficient (Wildman–Crippen LogP) is 3.52. The van der Waals surface area contributed by atoms with Crippen LogP contribution in [0.1, 0.15) is 42.4 Å². The number of hydrogen-bond acceptors (Lipinski definition) is 4. The molecule has 1 aliphatic rings.